The van der Waals surface area contributed by atoms with Gasteiger partial charge in [0.2, 0.25) is 11.7 Å². The minimum absolute atomic E-state index is 0.0857. The van der Waals surface area contributed by atoms with Gasteiger partial charge in [0.05, 0.1) is 26.2 Å². The Labute approximate surface area is 161 Å². The van der Waals surface area contributed by atoms with Crippen molar-refractivity contribution in [2.75, 3.05) is 26.1 Å². The number of carbonyl (C=O) groups is 3. The minimum Gasteiger partial charge on any atom is -0.493 e. The van der Waals surface area contributed by atoms with Crippen LogP contribution in [0, 0.1) is 5.82 Å². The van der Waals surface area contributed by atoms with Crippen molar-refractivity contribution in [1.82, 2.24) is 0 Å². The van der Waals surface area contributed by atoms with E-state index in [-0.39, 0.29) is 23.6 Å². The van der Waals surface area contributed by atoms with E-state index in [0.29, 0.717) is 17.1 Å². The third-order valence-electron chi connectivity index (χ3n) is 3.75. The van der Waals surface area contributed by atoms with E-state index < -0.39 is 24.2 Å². The number of ether oxygens (including phenoxy) is 3. The lowest BCUT2D eigenvalue weighted by Gasteiger charge is -2.10. The zero-order chi connectivity index (χ0) is 20.7. The molecule has 8 heteroatoms. The van der Waals surface area contributed by atoms with E-state index in [2.05, 4.69) is 5.32 Å². The number of carbonyl (C=O) groups excluding carboxylic acids is 3. The molecule has 1 N–H and O–H groups in total. The second-order valence-electron chi connectivity index (χ2n) is 5.83. The molecule has 2 rings (SSSR count). The largest absolute Gasteiger partial charge is 0.493 e. The average molecular weight is 389 g/mol. The Morgan fingerprint density at radius 2 is 1.71 bits per heavy atom. The van der Waals surface area contributed by atoms with E-state index in [0.717, 1.165) is 6.07 Å². The Morgan fingerprint density at radius 1 is 1.00 bits per heavy atom. The van der Waals surface area contributed by atoms with E-state index in [1.165, 1.54) is 33.3 Å². The molecule has 0 atom stereocenters. The Balaban J connectivity index is 1.95. The van der Waals surface area contributed by atoms with Crippen molar-refractivity contribution < 1.29 is 33.0 Å². The number of anilines is 1. The summed E-state index contributed by atoms with van der Waals surface area (Å²) in [6.45, 7) is 0.692. The predicted octanol–water partition coefficient (Wildman–Crippen LogP) is 2.77. The quantitative estimate of drug-likeness (QED) is 0.551. The minimum atomic E-state index is -0.813. The van der Waals surface area contributed by atoms with Crippen LogP contribution in [-0.4, -0.2) is 38.5 Å². The lowest BCUT2D eigenvalue weighted by atomic mass is 10.1. The van der Waals surface area contributed by atoms with Crippen molar-refractivity contribution in [3.63, 3.8) is 0 Å². The highest BCUT2D eigenvalue weighted by atomic mass is 19.1. The summed E-state index contributed by atoms with van der Waals surface area (Å²) in [5, 5.41) is 2.41. The van der Waals surface area contributed by atoms with Gasteiger partial charge >= 0.3 is 5.97 Å². The van der Waals surface area contributed by atoms with Gasteiger partial charge in [0, 0.05) is 12.6 Å². The molecule has 0 saturated heterocycles. The topological polar surface area (TPSA) is 90.9 Å². The van der Waals surface area contributed by atoms with Crippen LogP contribution in [0.3, 0.4) is 0 Å². The molecule has 1 amide bonds. The van der Waals surface area contributed by atoms with Gasteiger partial charge in [0.15, 0.2) is 18.1 Å². The maximum Gasteiger partial charge on any atom is 0.310 e. The van der Waals surface area contributed by atoms with Gasteiger partial charge in [-0.2, -0.15) is 0 Å². The van der Waals surface area contributed by atoms with Crippen LogP contribution >= 0.6 is 0 Å². The molecule has 0 unspecified atom stereocenters. The predicted molar refractivity (Wildman–Crippen MR) is 99.2 cm³/mol. The van der Waals surface area contributed by atoms with E-state index in [1.54, 1.807) is 18.2 Å². The van der Waals surface area contributed by atoms with E-state index >= 15 is 0 Å². The molecule has 0 bridgehead atoms. The van der Waals surface area contributed by atoms with Crippen molar-refractivity contribution >= 4 is 23.3 Å². The average Bonchev–Trinajstić information content (AvgIpc) is 2.65. The molecule has 0 aliphatic rings. The van der Waals surface area contributed by atoms with Gasteiger partial charge in [-0.3, -0.25) is 14.4 Å². The standard InChI is InChI=1S/C20H20FNO6/c1-12(23)22-14-5-6-15(16(21)10-14)17(24)11-28-20(25)9-13-4-7-18(26-2)19(8-13)27-3/h4-8,10H,9,11H2,1-3H3,(H,22,23). The molecule has 148 valence electrons. The van der Waals surface area contributed by atoms with Gasteiger partial charge in [-0.15, -0.1) is 0 Å². The number of Topliss-reactive ketones (excluding diaryl/α,β-unsaturated/α-hetero) is 1. The third kappa shape index (κ3) is 5.54. The number of benzene rings is 2. The molecule has 28 heavy (non-hydrogen) atoms. The molecule has 0 radical (unpaired) electrons. The SMILES string of the molecule is COc1ccc(CC(=O)OCC(=O)c2ccc(NC(C)=O)cc2F)cc1OC. The molecule has 0 spiro atoms. The summed E-state index contributed by atoms with van der Waals surface area (Å²) >= 11 is 0. The number of amides is 1. The molecule has 0 aliphatic carbocycles. The van der Waals surface area contributed by atoms with Gasteiger partial charge in [-0.1, -0.05) is 6.07 Å². The summed E-state index contributed by atoms with van der Waals surface area (Å²) in [6, 6.07) is 8.60. The smallest absolute Gasteiger partial charge is 0.310 e. The van der Waals surface area contributed by atoms with Crippen LogP contribution in [0.2, 0.25) is 0 Å². The van der Waals surface area contributed by atoms with Crippen LogP contribution in [0.4, 0.5) is 10.1 Å². The zero-order valence-corrected chi connectivity index (χ0v) is 15.7. The molecule has 2 aromatic rings. The van der Waals surface area contributed by atoms with Crippen LogP contribution in [0.25, 0.3) is 0 Å². The summed E-state index contributed by atoms with van der Waals surface area (Å²) in [6.07, 6.45) is -0.0857. The van der Waals surface area contributed by atoms with Crippen LogP contribution in [0.15, 0.2) is 36.4 Å². The first kappa shape index (κ1) is 20.9. The van der Waals surface area contributed by atoms with Crippen molar-refractivity contribution in [1.29, 1.82) is 0 Å². The normalized spacial score (nSPS) is 10.1. The van der Waals surface area contributed by atoms with Gasteiger partial charge < -0.3 is 19.5 Å². The number of esters is 1. The molecule has 7 nitrogen and oxygen atoms in total. The lowest BCUT2D eigenvalue weighted by molar-refractivity contribution is -0.141. The fourth-order valence-corrected chi connectivity index (χ4v) is 2.45. The summed E-state index contributed by atoms with van der Waals surface area (Å²) in [4.78, 5) is 35.0. The Bertz CT molecular complexity index is 896. The number of rotatable bonds is 8. The summed E-state index contributed by atoms with van der Waals surface area (Å²) in [5.74, 6) is -1.52. The van der Waals surface area contributed by atoms with Gasteiger partial charge in [0.1, 0.15) is 5.82 Å². The maximum atomic E-state index is 14.0. The number of ketones is 1. The molecule has 2 aromatic carbocycles. The molecule has 0 saturated carbocycles. The fraction of sp³-hybridized carbons (Fsp3) is 0.250. The highest BCUT2D eigenvalue weighted by molar-refractivity contribution is 5.99. The van der Waals surface area contributed by atoms with Crippen molar-refractivity contribution in [3.8, 4) is 11.5 Å². The monoisotopic (exact) mass is 389 g/mol. The van der Waals surface area contributed by atoms with Crippen molar-refractivity contribution in [2.45, 2.75) is 13.3 Å². The summed E-state index contributed by atoms with van der Waals surface area (Å²) < 4.78 is 29.3. The lowest BCUT2D eigenvalue weighted by Crippen LogP contribution is -2.17. The zero-order valence-electron chi connectivity index (χ0n) is 15.7. The van der Waals surface area contributed by atoms with Gasteiger partial charge in [0.25, 0.3) is 0 Å². The first-order chi connectivity index (χ1) is 13.3. The highest BCUT2D eigenvalue weighted by Crippen LogP contribution is 2.27. The van der Waals surface area contributed by atoms with Gasteiger partial charge in [-0.05, 0) is 35.9 Å². The first-order valence-corrected chi connectivity index (χ1v) is 8.31. The number of hydrogen-bond acceptors (Lipinski definition) is 6. The van der Waals surface area contributed by atoms with Crippen LogP contribution in [0.5, 0.6) is 11.5 Å². The number of methoxy groups -OCH3 is 2. The third-order valence-corrected chi connectivity index (χ3v) is 3.75. The molecule has 0 aromatic heterocycles. The van der Waals surface area contributed by atoms with E-state index in [9.17, 15) is 18.8 Å². The highest BCUT2D eigenvalue weighted by Gasteiger charge is 2.16. The molecule has 0 fully saturated rings. The number of halogens is 1. The van der Waals surface area contributed by atoms with E-state index in [4.69, 9.17) is 14.2 Å². The van der Waals surface area contributed by atoms with Crippen LogP contribution < -0.4 is 14.8 Å². The van der Waals surface area contributed by atoms with E-state index in [1.807, 2.05) is 0 Å². The van der Waals surface area contributed by atoms with Crippen LogP contribution in [-0.2, 0) is 20.7 Å². The molecular weight excluding hydrogens is 369 g/mol. The second-order valence-corrected chi connectivity index (χ2v) is 5.83. The maximum absolute atomic E-state index is 14.0. The first-order valence-electron chi connectivity index (χ1n) is 8.31. The number of hydrogen-bond donors (Lipinski definition) is 1. The molecule has 0 heterocycles. The number of nitrogens with one attached hydrogen (secondary N) is 1. The second kappa shape index (κ2) is 9.50. The van der Waals surface area contributed by atoms with Crippen molar-refractivity contribution in [2.24, 2.45) is 0 Å². The van der Waals surface area contributed by atoms with Crippen LogP contribution in [0.1, 0.15) is 22.8 Å². The Morgan fingerprint density at radius 3 is 2.32 bits per heavy atom. The summed E-state index contributed by atoms with van der Waals surface area (Å²) in [7, 11) is 2.98. The summed E-state index contributed by atoms with van der Waals surface area (Å²) in [5.41, 5.74) is 0.612. The van der Waals surface area contributed by atoms with Gasteiger partial charge in [-0.25, -0.2) is 4.39 Å². The van der Waals surface area contributed by atoms with Crippen molar-refractivity contribution in [3.05, 3.63) is 53.3 Å². The Hall–Kier alpha value is -3.42. The molecule has 0 aliphatic heterocycles. The fourth-order valence-electron chi connectivity index (χ4n) is 2.45. The Kier molecular flexibility index (Phi) is 7.08. The molecular formula is C20H20FNO6.